The lowest BCUT2D eigenvalue weighted by atomic mass is 10.1. The van der Waals surface area contributed by atoms with Crippen LogP contribution in [0.25, 0.3) is 0 Å². The molecule has 0 aliphatic carbocycles. The predicted molar refractivity (Wildman–Crippen MR) is 110 cm³/mol. The molecule has 1 saturated heterocycles. The van der Waals surface area contributed by atoms with Crippen LogP contribution in [-0.4, -0.2) is 29.0 Å². The van der Waals surface area contributed by atoms with E-state index in [1.165, 1.54) is 36.2 Å². The highest BCUT2D eigenvalue weighted by molar-refractivity contribution is 7.09. The van der Waals surface area contributed by atoms with Gasteiger partial charge in [0.15, 0.2) is 5.82 Å². The number of aromatic nitrogens is 2. The Morgan fingerprint density at radius 3 is 2.70 bits per heavy atom. The molecule has 27 heavy (non-hydrogen) atoms. The van der Waals surface area contributed by atoms with E-state index >= 15 is 0 Å². The van der Waals surface area contributed by atoms with Crippen molar-refractivity contribution in [2.45, 2.75) is 25.7 Å². The summed E-state index contributed by atoms with van der Waals surface area (Å²) in [7, 11) is 0. The maximum absolute atomic E-state index is 12.7. The van der Waals surface area contributed by atoms with Crippen molar-refractivity contribution in [1.82, 2.24) is 9.97 Å². The van der Waals surface area contributed by atoms with Crippen molar-refractivity contribution in [1.29, 1.82) is 0 Å². The Balaban J connectivity index is 1.47. The third-order valence-electron chi connectivity index (χ3n) is 4.67. The molecule has 0 saturated carbocycles. The van der Waals surface area contributed by atoms with Gasteiger partial charge in [-0.25, -0.2) is 9.97 Å². The normalized spacial score (nSPS) is 14.1. The molecule has 2 aromatic heterocycles. The summed E-state index contributed by atoms with van der Waals surface area (Å²) in [4.78, 5) is 24.0. The number of amides is 1. The molecule has 3 heterocycles. The van der Waals surface area contributed by atoms with E-state index in [1.54, 1.807) is 6.20 Å². The number of pyridine rings is 1. The maximum atomic E-state index is 12.7. The lowest BCUT2D eigenvalue weighted by Gasteiger charge is -2.29. The van der Waals surface area contributed by atoms with Gasteiger partial charge in [-0.3, -0.25) is 4.79 Å². The van der Waals surface area contributed by atoms with Gasteiger partial charge in [-0.1, -0.05) is 30.3 Å². The smallest absolute Gasteiger partial charge is 0.275 e. The van der Waals surface area contributed by atoms with Crippen molar-refractivity contribution in [2.75, 3.05) is 23.3 Å². The summed E-state index contributed by atoms with van der Waals surface area (Å²) in [6, 6.07) is 13.9. The first-order valence-corrected chi connectivity index (χ1v) is 10.2. The van der Waals surface area contributed by atoms with Gasteiger partial charge >= 0.3 is 0 Å². The molecule has 0 bridgehead atoms. The molecule has 0 spiro atoms. The number of benzene rings is 1. The fraction of sp³-hybridized carbons (Fsp3) is 0.286. The molecule has 1 N–H and O–H groups in total. The van der Waals surface area contributed by atoms with Crippen molar-refractivity contribution in [2.24, 2.45) is 0 Å². The quantitative estimate of drug-likeness (QED) is 0.716. The molecule has 1 amide bonds. The van der Waals surface area contributed by atoms with E-state index in [2.05, 4.69) is 32.3 Å². The van der Waals surface area contributed by atoms with Gasteiger partial charge in [0.25, 0.3) is 5.91 Å². The van der Waals surface area contributed by atoms with Gasteiger partial charge in [0.05, 0.1) is 10.7 Å². The Morgan fingerprint density at radius 1 is 1.07 bits per heavy atom. The van der Waals surface area contributed by atoms with Crippen LogP contribution < -0.4 is 10.2 Å². The summed E-state index contributed by atoms with van der Waals surface area (Å²) in [5.74, 6) is 0.669. The van der Waals surface area contributed by atoms with Crippen LogP contribution >= 0.6 is 11.3 Å². The molecule has 1 aliphatic heterocycles. The Labute approximate surface area is 163 Å². The highest BCUT2D eigenvalue weighted by atomic mass is 32.1. The van der Waals surface area contributed by atoms with Crippen molar-refractivity contribution in [3.63, 3.8) is 0 Å². The summed E-state index contributed by atoms with van der Waals surface area (Å²) in [6.07, 6.45) is 6.11. The second-order valence-corrected chi connectivity index (χ2v) is 7.61. The largest absolute Gasteiger partial charge is 0.355 e. The van der Waals surface area contributed by atoms with E-state index in [1.807, 2.05) is 35.7 Å². The standard InChI is InChI=1S/C21H22N4OS/c26-21(18-15-27-19(23-18)14-16-8-3-1-4-9-16)24-17-10-7-11-22-20(17)25-12-5-2-6-13-25/h1,3-4,7-11,15H,2,5-6,12-14H2,(H,24,26). The third kappa shape index (κ3) is 4.34. The third-order valence-corrected chi connectivity index (χ3v) is 5.52. The topological polar surface area (TPSA) is 58.1 Å². The number of carbonyl (C=O) groups is 1. The first-order chi connectivity index (χ1) is 13.3. The Bertz CT molecular complexity index is 903. The predicted octanol–water partition coefficient (Wildman–Crippen LogP) is 4.37. The summed E-state index contributed by atoms with van der Waals surface area (Å²) in [5, 5.41) is 5.77. The summed E-state index contributed by atoms with van der Waals surface area (Å²) >= 11 is 1.52. The summed E-state index contributed by atoms with van der Waals surface area (Å²) in [6.45, 7) is 1.97. The number of hydrogen-bond donors (Lipinski definition) is 1. The van der Waals surface area contributed by atoms with Crippen LogP contribution in [0.15, 0.2) is 54.0 Å². The van der Waals surface area contributed by atoms with Gasteiger partial charge in [0, 0.05) is 31.1 Å². The molecule has 138 valence electrons. The molecule has 4 rings (SSSR count). The molecule has 1 aromatic carbocycles. The van der Waals surface area contributed by atoms with Gasteiger partial charge in [-0.15, -0.1) is 11.3 Å². The van der Waals surface area contributed by atoms with E-state index < -0.39 is 0 Å². The Morgan fingerprint density at radius 2 is 1.89 bits per heavy atom. The number of hydrogen-bond acceptors (Lipinski definition) is 5. The zero-order chi connectivity index (χ0) is 18.5. The average Bonchev–Trinajstić information content (AvgIpc) is 3.18. The first kappa shape index (κ1) is 17.7. The number of anilines is 2. The molecule has 1 fully saturated rings. The number of rotatable bonds is 5. The van der Waals surface area contributed by atoms with Crippen LogP contribution in [-0.2, 0) is 6.42 Å². The second kappa shape index (κ2) is 8.31. The zero-order valence-electron chi connectivity index (χ0n) is 15.1. The van der Waals surface area contributed by atoms with Crippen LogP contribution in [0, 0.1) is 0 Å². The van der Waals surface area contributed by atoms with E-state index in [0.29, 0.717) is 5.69 Å². The Kier molecular flexibility index (Phi) is 5.44. The van der Waals surface area contributed by atoms with Crippen molar-refractivity contribution < 1.29 is 4.79 Å². The number of carbonyl (C=O) groups excluding carboxylic acids is 1. The fourth-order valence-electron chi connectivity index (χ4n) is 3.31. The van der Waals surface area contributed by atoms with E-state index in [-0.39, 0.29) is 5.91 Å². The second-order valence-electron chi connectivity index (χ2n) is 6.67. The van der Waals surface area contributed by atoms with E-state index in [9.17, 15) is 4.79 Å². The van der Waals surface area contributed by atoms with Gasteiger partial charge in [0.1, 0.15) is 5.69 Å². The van der Waals surface area contributed by atoms with Crippen molar-refractivity contribution in [3.8, 4) is 0 Å². The molecule has 3 aromatic rings. The van der Waals surface area contributed by atoms with Crippen LogP contribution in [0.1, 0.15) is 40.3 Å². The van der Waals surface area contributed by atoms with E-state index in [4.69, 9.17) is 0 Å². The van der Waals surface area contributed by atoms with Gasteiger partial charge in [-0.2, -0.15) is 0 Å². The van der Waals surface area contributed by atoms with Gasteiger partial charge in [0.2, 0.25) is 0 Å². The molecule has 0 atom stereocenters. The van der Waals surface area contributed by atoms with Crippen LogP contribution in [0.3, 0.4) is 0 Å². The van der Waals surface area contributed by atoms with Crippen LogP contribution in [0.4, 0.5) is 11.5 Å². The fourth-order valence-corrected chi connectivity index (χ4v) is 4.11. The highest BCUT2D eigenvalue weighted by Gasteiger charge is 2.18. The van der Waals surface area contributed by atoms with Crippen LogP contribution in [0.2, 0.25) is 0 Å². The molecular weight excluding hydrogens is 356 g/mol. The van der Waals surface area contributed by atoms with Gasteiger partial charge < -0.3 is 10.2 Å². The van der Waals surface area contributed by atoms with E-state index in [0.717, 1.165) is 36.0 Å². The molecule has 0 radical (unpaired) electrons. The monoisotopic (exact) mass is 378 g/mol. The lowest BCUT2D eigenvalue weighted by Crippen LogP contribution is -2.31. The minimum Gasteiger partial charge on any atom is -0.355 e. The maximum Gasteiger partial charge on any atom is 0.275 e. The molecule has 6 heteroatoms. The number of nitrogens with one attached hydrogen (secondary N) is 1. The van der Waals surface area contributed by atoms with Crippen molar-refractivity contribution in [3.05, 3.63) is 70.3 Å². The average molecular weight is 379 g/mol. The molecule has 1 aliphatic rings. The van der Waals surface area contributed by atoms with Gasteiger partial charge in [-0.05, 0) is 37.0 Å². The molecule has 5 nitrogen and oxygen atoms in total. The summed E-state index contributed by atoms with van der Waals surface area (Å²) in [5.41, 5.74) is 2.40. The minimum atomic E-state index is -0.183. The lowest BCUT2D eigenvalue weighted by molar-refractivity contribution is 0.102. The van der Waals surface area contributed by atoms with Crippen LogP contribution in [0.5, 0.6) is 0 Å². The SMILES string of the molecule is O=C(Nc1cccnc1N1CCCCC1)c1csc(Cc2ccccc2)n1. The van der Waals surface area contributed by atoms with Crippen molar-refractivity contribution >= 4 is 28.7 Å². The molecule has 0 unspecified atom stereocenters. The minimum absolute atomic E-state index is 0.183. The summed E-state index contributed by atoms with van der Waals surface area (Å²) < 4.78 is 0. The number of thiazole rings is 1. The molecular formula is C21H22N4OS. The Hall–Kier alpha value is -2.73. The number of nitrogens with zero attached hydrogens (tertiary/aromatic N) is 3. The number of piperidine rings is 1. The highest BCUT2D eigenvalue weighted by Crippen LogP contribution is 2.26. The first-order valence-electron chi connectivity index (χ1n) is 9.29. The zero-order valence-corrected chi connectivity index (χ0v) is 15.9.